The summed E-state index contributed by atoms with van der Waals surface area (Å²) in [4.78, 5) is 14.5. The molecule has 1 aromatic carbocycles. The van der Waals surface area contributed by atoms with Gasteiger partial charge in [-0.3, -0.25) is 4.79 Å². The van der Waals surface area contributed by atoms with Gasteiger partial charge in [0, 0.05) is 24.6 Å². The normalized spacial score (nSPS) is 13.6. The molecule has 1 unspecified atom stereocenters. The molecule has 2 nitrogen and oxygen atoms in total. The molecule has 0 radical (unpaired) electrons. The van der Waals surface area contributed by atoms with E-state index in [1.165, 1.54) is 0 Å². The van der Waals surface area contributed by atoms with Gasteiger partial charge in [-0.1, -0.05) is 45.0 Å². The van der Waals surface area contributed by atoms with E-state index in [1.54, 1.807) is 0 Å². The van der Waals surface area contributed by atoms with Crippen molar-refractivity contribution in [2.45, 2.75) is 47.1 Å². The standard InChI is InChI=1S/C17H27NO/c1-13-9-7-8-10-15(13)16(19)11-12-18(6)14(2)17(3,4)5/h7-10,14H,11-12H2,1-6H3. The molecular weight excluding hydrogens is 234 g/mol. The minimum atomic E-state index is 0.237. The predicted octanol–water partition coefficient (Wildman–Crippen LogP) is 3.93. The summed E-state index contributed by atoms with van der Waals surface area (Å²) in [6.07, 6.45) is 0.585. The van der Waals surface area contributed by atoms with Crippen LogP contribution in [0.25, 0.3) is 0 Å². The van der Waals surface area contributed by atoms with Crippen molar-refractivity contribution in [3.05, 3.63) is 35.4 Å². The lowest BCUT2D eigenvalue weighted by molar-refractivity contribution is 0.0927. The second-order valence-electron chi connectivity index (χ2n) is 6.51. The van der Waals surface area contributed by atoms with E-state index in [1.807, 2.05) is 31.2 Å². The average Bonchev–Trinajstić information content (AvgIpc) is 2.34. The highest BCUT2D eigenvalue weighted by Crippen LogP contribution is 2.23. The molecule has 0 heterocycles. The van der Waals surface area contributed by atoms with Crippen LogP contribution in [-0.2, 0) is 0 Å². The number of Topliss-reactive ketones (excluding diaryl/α,β-unsaturated/α-hetero) is 1. The molecule has 0 aliphatic carbocycles. The quantitative estimate of drug-likeness (QED) is 0.748. The van der Waals surface area contributed by atoms with Crippen molar-refractivity contribution in [2.24, 2.45) is 5.41 Å². The maximum atomic E-state index is 12.2. The number of benzene rings is 1. The summed E-state index contributed by atoms with van der Waals surface area (Å²) in [6, 6.07) is 8.28. The summed E-state index contributed by atoms with van der Waals surface area (Å²) in [5.41, 5.74) is 2.17. The van der Waals surface area contributed by atoms with Crippen LogP contribution in [0.3, 0.4) is 0 Å². The Morgan fingerprint density at radius 3 is 2.37 bits per heavy atom. The van der Waals surface area contributed by atoms with Crippen LogP contribution in [0.1, 0.15) is 50.0 Å². The first-order valence-corrected chi connectivity index (χ1v) is 7.02. The Morgan fingerprint density at radius 1 is 1.26 bits per heavy atom. The number of carbonyl (C=O) groups excluding carboxylic acids is 1. The third-order valence-electron chi connectivity index (χ3n) is 4.05. The molecule has 0 aliphatic heterocycles. The first-order valence-electron chi connectivity index (χ1n) is 7.02. The zero-order valence-corrected chi connectivity index (χ0v) is 13.2. The maximum Gasteiger partial charge on any atom is 0.164 e. The van der Waals surface area contributed by atoms with E-state index < -0.39 is 0 Å². The Kier molecular flexibility index (Phi) is 5.30. The molecule has 19 heavy (non-hydrogen) atoms. The Bertz CT molecular complexity index is 431. The van der Waals surface area contributed by atoms with Crippen molar-refractivity contribution in [2.75, 3.05) is 13.6 Å². The van der Waals surface area contributed by atoms with Gasteiger partial charge in [0.1, 0.15) is 0 Å². The second-order valence-corrected chi connectivity index (χ2v) is 6.51. The van der Waals surface area contributed by atoms with Gasteiger partial charge in [-0.25, -0.2) is 0 Å². The van der Waals surface area contributed by atoms with Crippen LogP contribution in [0.5, 0.6) is 0 Å². The molecule has 0 bridgehead atoms. The van der Waals surface area contributed by atoms with Gasteiger partial charge in [0.15, 0.2) is 5.78 Å². The van der Waals surface area contributed by atoms with E-state index >= 15 is 0 Å². The van der Waals surface area contributed by atoms with Crippen LogP contribution < -0.4 is 0 Å². The van der Waals surface area contributed by atoms with E-state index in [-0.39, 0.29) is 11.2 Å². The van der Waals surface area contributed by atoms with Gasteiger partial charge in [-0.05, 0) is 31.9 Å². The lowest BCUT2D eigenvalue weighted by atomic mass is 9.87. The van der Waals surface area contributed by atoms with Crippen molar-refractivity contribution in [1.82, 2.24) is 4.90 Å². The molecule has 106 valence electrons. The third kappa shape index (κ3) is 4.46. The minimum Gasteiger partial charge on any atom is -0.303 e. The fraction of sp³-hybridized carbons (Fsp3) is 0.588. The SMILES string of the molecule is Cc1ccccc1C(=O)CCN(C)C(C)C(C)(C)C. The van der Waals surface area contributed by atoms with E-state index in [2.05, 4.69) is 39.6 Å². The number of hydrogen-bond acceptors (Lipinski definition) is 2. The first-order chi connectivity index (χ1) is 8.73. The Morgan fingerprint density at radius 2 is 1.84 bits per heavy atom. The lowest BCUT2D eigenvalue weighted by Crippen LogP contribution is -2.40. The summed E-state index contributed by atoms with van der Waals surface area (Å²) in [7, 11) is 2.10. The van der Waals surface area contributed by atoms with Crippen molar-refractivity contribution in [3.8, 4) is 0 Å². The molecule has 0 N–H and O–H groups in total. The molecular formula is C17H27NO. The first kappa shape index (κ1) is 15.9. The van der Waals surface area contributed by atoms with E-state index in [0.29, 0.717) is 12.5 Å². The van der Waals surface area contributed by atoms with Crippen LogP contribution in [0.2, 0.25) is 0 Å². The molecule has 0 spiro atoms. The molecule has 0 fully saturated rings. The van der Waals surface area contributed by atoms with Gasteiger partial charge >= 0.3 is 0 Å². The summed E-state index contributed by atoms with van der Waals surface area (Å²) in [6.45, 7) is 11.7. The molecule has 0 amide bonds. The van der Waals surface area contributed by atoms with Crippen molar-refractivity contribution < 1.29 is 4.79 Å². The van der Waals surface area contributed by atoms with E-state index in [0.717, 1.165) is 17.7 Å². The molecule has 0 saturated carbocycles. The highest BCUT2D eigenvalue weighted by molar-refractivity contribution is 5.97. The van der Waals surface area contributed by atoms with E-state index in [4.69, 9.17) is 0 Å². The highest BCUT2D eigenvalue weighted by atomic mass is 16.1. The number of nitrogens with zero attached hydrogens (tertiary/aromatic N) is 1. The Labute approximate surface area is 117 Å². The van der Waals surface area contributed by atoms with Crippen LogP contribution in [0.15, 0.2) is 24.3 Å². The molecule has 1 aromatic rings. The molecule has 1 atom stereocenters. The zero-order valence-electron chi connectivity index (χ0n) is 13.2. The Balaban J connectivity index is 2.58. The van der Waals surface area contributed by atoms with Crippen molar-refractivity contribution in [3.63, 3.8) is 0 Å². The average molecular weight is 261 g/mol. The number of rotatable bonds is 5. The molecule has 1 rings (SSSR count). The summed E-state index contributed by atoms with van der Waals surface area (Å²) in [5.74, 6) is 0.242. The largest absolute Gasteiger partial charge is 0.303 e. The van der Waals surface area contributed by atoms with Gasteiger partial charge in [-0.15, -0.1) is 0 Å². The number of carbonyl (C=O) groups is 1. The molecule has 0 saturated heterocycles. The van der Waals surface area contributed by atoms with Crippen LogP contribution >= 0.6 is 0 Å². The zero-order chi connectivity index (χ0) is 14.6. The van der Waals surface area contributed by atoms with Crippen molar-refractivity contribution >= 4 is 5.78 Å². The van der Waals surface area contributed by atoms with Gasteiger partial charge in [0.25, 0.3) is 0 Å². The van der Waals surface area contributed by atoms with Gasteiger partial charge in [0.2, 0.25) is 0 Å². The summed E-state index contributed by atoms with van der Waals surface area (Å²) >= 11 is 0. The third-order valence-corrected chi connectivity index (χ3v) is 4.05. The molecule has 0 aliphatic rings. The summed E-state index contributed by atoms with van der Waals surface area (Å²) < 4.78 is 0. The Hall–Kier alpha value is -1.15. The topological polar surface area (TPSA) is 20.3 Å². The lowest BCUT2D eigenvalue weighted by Gasteiger charge is -2.35. The molecule has 2 heteroatoms. The summed E-state index contributed by atoms with van der Waals surface area (Å²) in [5, 5.41) is 0. The number of aryl methyl sites for hydroxylation is 1. The van der Waals surface area contributed by atoms with Crippen molar-refractivity contribution in [1.29, 1.82) is 0 Å². The highest BCUT2D eigenvalue weighted by Gasteiger charge is 2.24. The van der Waals surface area contributed by atoms with Gasteiger partial charge in [-0.2, -0.15) is 0 Å². The van der Waals surface area contributed by atoms with Gasteiger partial charge in [0.05, 0.1) is 0 Å². The smallest absolute Gasteiger partial charge is 0.164 e. The number of hydrogen-bond donors (Lipinski definition) is 0. The van der Waals surface area contributed by atoms with E-state index in [9.17, 15) is 4.79 Å². The molecule has 0 aromatic heterocycles. The predicted molar refractivity (Wildman–Crippen MR) is 81.7 cm³/mol. The fourth-order valence-corrected chi connectivity index (χ4v) is 2.15. The maximum absolute atomic E-state index is 12.2. The van der Waals surface area contributed by atoms with Crippen LogP contribution in [0.4, 0.5) is 0 Å². The van der Waals surface area contributed by atoms with Crippen LogP contribution in [0, 0.1) is 12.3 Å². The van der Waals surface area contributed by atoms with Gasteiger partial charge < -0.3 is 4.90 Å². The number of ketones is 1. The second kappa shape index (κ2) is 6.33. The van der Waals surface area contributed by atoms with Crippen LogP contribution in [-0.4, -0.2) is 30.3 Å². The fourth-order valence-electron chi connectivity index (χ4n) is 2.15. The minimum absolute atomic E-state index is 0.237. The monoisotopic (exact) mass is 261 g/mol.